The van der Waals surface area contributed by atoms with Gasteiger partial charge in [-0.25, -0.2) is 4.98 Å². The molecule has 10 heteroatoms. The molecular weight excluding hydrogens is 568 g/mol. The summed E-state index contributed by atoms with van der Waals surface area (Å²) in [5.74, 6) is 0.610. The smallest absolute Gasteiger partial charge is 0.301 e. The molecule has 2 aliphatic rings. The van der Waals surface area contributed by atoms with E-state index in [0.29, 0.717) is 65.3 Å². The Labute approximate surface area is 253 Å². The second-order valence-electron chi connectivity index (χ2n) is 10.3. The lowest BCUT2D eigenvalue weighted by Crippen LogP contribution is -2.29. The van der Waals surface area contributed by atoms with Crippen molar-refractivity contribution in [2.24, 2.45) is 0 Å². The van der Waals surface area contributed by atoms with Crippen LogP contribution in [0.5, 0.6) is 23.0 Å². The maximum atomic E-state index is 13.8. The number of aliphatic hydroxyl groups excluding tert-OH is 1. The number of nitrogens with zero attached hydrogens (tertiary/aromatic N) is 2. The van der Waals surface area contributed by atoms with Crippen LogP contribution in [0.1, 0.15) is 50.4 Å². The van der Waals surface area contributed by atoms with Crippen LogP contribution >= 0.6 is 11.3 Å². The Balaban J connectivity index is 1.53. The monoisotopic (exact) mass is 600 g/mol. The molecule has 1 fully saturated rings. The molecule has 9 nitrogen and oxygen atoms in total. The van der Waals surface area contributed by atoms with E-state index in [1.807, 2.05) is 52.0 Å². The molecule has 0 bridgehead atoms. The van der Waals surface area contributed by atoms with Gasteiger partial charge in [0, 0.05) is 12.0 Å². The minimum atomic E-state index is -0.967. The van der Waals surface area contributed by atoms with Crippen LogP contribution in [-0.4, -0.2) is 47.7 Å². The van der Waals surface area contributed by atoms with E-state index in [1.165, 1.54) is 16.2 Å². The molecule has 0 spiro atoms. The van der Waals surface area contributed by atoms with Crippen LogP contribution in [-0.2, 0) is 16.0 Å². The summed E-state index contributed by atoms with van der Waals surface area (Å²) in [6, 6.07) is 15.1. The predicted octanol–water partition coefficient (Wildman–Crippen LogP) is 6.44. The first kappa shape index (κ1) is 28.5. The molecule has 0 radical (unpaired) electrons. The van der Waals surface area contributed by atoms with Crippen LogP contribution in [0.4, 0.5) is 5.13 Å². The normalized spacial score (nSPS) is 19.0. The van der Waals surface area contributed by atoms with Crippen molar-refractivity contribution < 1.29 is 33.6 Å². The maximum Gasteiger partial charge on any atom is 0.301 e. The minimum absolute atomic E-state index is 0.0149. The summed E-state index contributed by atoms with van der Waals surface area (Å²) in [6.45, 7) is 8.97. The standard InChI is InChI=1S/C33H32N2O7S/c1-5-39-22-10-11-23-27(17-22)43-33(34-23)35-29(19-8-13-25(40-6-2)26(16-19)41-7-3)28(31(37)32(35)38)30(36)20-9-12-24-21(15-20)14-18(4)42-24/h8-13,15-18,29,36H,5-7,14H2,1-4H3/t18-,29-/m1/s1. The summed E-state index contributed by atoms with van der Waals surface area (Å²) in [4.78, 5) is 33.7. The molecule has 0 aliphatic carbocycles. The van der Waals surface area contributed by atoms with Crippen LogP contribution < -0.4 is 23.8 Å². The van der Waals surface area contributed by atoms with Crippen LogP contribution in [0.2, 0.25) is 0 Å². The van der Waals surface area contributed by atoms with Gasteiger partial charge >= 0.3 is 5.91 Å². The first-order valence-corrected chi connectivity index (χ1v) is 15.2. The highest BCUT2D eigenvalue weighted by atomic mass is 32.1. The fourth-order valence-corrected chi connectivity index (χ4v) is 6.58. The number of hydrogen-bond donors (Lipinski definition) is 1. The van der Waals surface area contributed by atoms with Gasteiger partial charge in [0.25, 0.3) is 5.78 Å². The zero-order valence-electron chi connectivity index (χ0n) is 24.4. The molecule has 3 aromatic carbocycles. The summed E-state index contributed by atoms with van der Waals surface area (Å²) in [7, 11) is 0. The first-order chi connectivity index (χ1) is 20.8. The Morgan fingerprint density at radius 2 is 1.74 bits per heavy atom. The lowest BCUT2D eigenvalue weighted by Gasteiger charge is -2.24. The molecule has 1 saturated heterocycles. The third-order valence-electron chi connectivity index (χ3n) is 7.36. The number of hydrogen-bond acceptors (Lipinski definition) is 9. The van der Waals surface area contributed by atoms with Gasteiger partial charge in [-0.05, 0) is 87.4 Å². The van der Waals surface area contributed by atoms with Crippen molar-refractivity contribution in [1.82, 2.24) is 4.98 Å². The lowest BCUT2D eigenvalue weighted by molar-refractivity contribution is -0.132. The number of aromatic nitrogens is 1. The van der Waals surface area contributed by atoms with Crippen molar-refractivity contribution in [3.63, 3.8) is 0 Å². The van der Waals surface area contributed by atoms with Gasteiger partial charge in [0.1, 0.15) is 23.4 Å². The number of fused-ring (bicyclic) bond motifs is 2. The second-order valence-corrected chi connectivity index (χ2v) is 11.3. The van der Waals surface area contributed by atoms with Crippen LogP contribution in [0, 0.1) is 0 Å². The van der Waals surface area contributed by atoms with Crippen molar-refractivity contribution >= 4 is 44.1 Å². The van der Waals surface area contributed by atoms with E-state index >= 15 is 0 Å². The largest absolute Gasteiger partial charge is 0.507 e. The molecular formula is C33H32N2O7S. The lowest BCUT2D eigenvalue weighted by atomic mass is 9.94. The Bertz CT molecular complexity index is 1760. The number of benzene rings is 3. The quantitative estimate of drug-likeness (QED) is 0.133. The van der Waals surface area contributed by atoms with Crippen LogP contribution in [0.3, 0.4) is 0 Å². The Hall–Kier alpha value is -4.57. The molecule has 0 saturated carbocycles. The Morgan fingerprint density at radius 1 is 0.977 bits per heavy atom. The molecule has 1 amide bonds. The van der Waals surface area contributed by atoms with E-state index in [0.717, 1.165) is 16.0 Å². The number of carbonyl (C=O) groups is 2. The summed E-state index contributed by atoms with van der Waals surface area (Å²) in [5, 5.41) is 12.0. The number of aliphatic hydroxyl groups is 1. The highest BCUT2D eigenvalue weighted by molar-refractivity contribution is 7.22. The van der Waals surface area contributed by atoms with Crippen LogP contribution in [0.25, 0.3) is 16.0 Å². The van der Waals surface area contributed by atoms with E-state index in [-0.39, 0.29) is 17.4 Å². The second kappa shape index (κ2) is 11.6. The number of rotatable bonds is 9. The number of thiazole rings is 1. The van der Waals surface area contributed by atoms with Gasteiger partial charge < -0.3 is 24.1 Å². The maximum absolute atomic E-state index is 13.8. The molecule has 4 aromatic rings. The highest BCUT2D eigenvalue weighted by Gasteiger charge is 2.48. The number of anilines is 1. The number of Topliss-reactive ketones (excluding diaryl/α,β-unsaturated/α-hetero) is 1. The van der Waals surface area contributed by atoms with E-state index in [1.54, 1.807) is 30.3 Å². The zero-order chi connectivity index (χ0) is 30.2. The summed E-state index contributed by atoms with van der Waals surface area (Å²) >= 11 is 1.28. The molecule has 2 aliphatic heterocycles. The van der Waals surface area contributed by atoms with Crippen molar-refractivity contribution in [1.29, 1.82) is 0 Å². The first-order valence-electron chi connectivity index (χ1n) is 14.4. The van der Waals surface area contributed by atoms with E-state index in [2.05, 4.69) is 0 Å². The Morgan fingerprint density at radius 3 is 2.51 bits per heavy atom. The molecule has 222 valence electrons. The van der Waals surface area contributed by atoms with Gasteiger partial charge in [-0.2, -0.15) is 0 Å². The van der Waals surface area contributed by atoms with Crippen molar-refractivity contribution in [3.8, 4) is 23.0 Å². The Kier molecular flexibility index (Phi) is 7.70. The zero-order valence-corrected chi connectivity index (χ0v) is 25.2. The van der Waals surface area contributed by atoms with Gasteiger partial charge in [-0.3, -0.25) is 14.5 Å². The average molecular weight is 601 g/mol. The van der Waals surface area contributed by atoms with Gasteiger partial charge in [0.05, 0.1) is 41.7 Å². The summed E-state index contributed by atoms with van der Waals surface area (Å²) < 4.78 is 23.9. The van der Waals surface area contributed by atoms with E-state index in [4.69, 9.17) is 23.9 Å². The third kappa shape index (κ3) is 5.16. The average Bonchev–Trinajstić information content (AvgIpc) is 3.66. The molecule has 2 atom stereocenters. The third-order valence-corrected chi connectivity index (χ3v) is 8.38. The van der Waals surface area contributed by atoms with Gasteiger partial charge in [-0.1, -0.05) is 17.4 Å². The molecule has 3 heterocycles. The topological polar surface area (TPSA) is 107 Å². The summed E-state index contributed by atoms with van der Waals surface area (Å²) in [6.07, 6.45) is 0.696. The van der Waals surface area contributed by atoms with Crippen molar-refractivity contribution in [2.45, 2.75) is 46.3 Å². The van der Waals surface area contributed by atoms with Crippen LogP contribution in [0.15, 0.2) is 60.2 Å². The molecule has 6 rings (SSSR count). The number of carbonyl (C=O) groups excluding carboxylic acids is 2. The molecule has 0 unspecified atom stereocenters. The summed E-state index contributed by atoms with van der Waals surface area (Å²) in [5.41, 5.74) is 2.57. The highest BCUT2D eigenvalue weighted by Crippen LogP contribution is 2.46. The number of ketones is 1. The predicted molar refractivity (Wildman–Crippen MR) is 165 cm³/mol. The molecule has 1 N–H and O–H groups in total. The molecule has 1 aromatic heterocycles. The molecule has 43 heavy (non-hydrogen) atoms. The number of ether oxygens (including phenoxy) is 4. The van der Waals surface area contributed by atoms with Gasteiger partial charge in [-0.15, -0.1) is 0 Å². The fraction of sp³-hybridized carbons (Fsp3) is 0.303. The van der Waals surface area contributed by atoms with Crippen molar-refractivity contribution in [3.05, 3.63) is 76.9 Å². The van der Waals surface area contributed by atoms with Crippen molar-refractivity contribution in [2.75, 3.05) is 24.7 Å². The van der Waals surface area contributed by atoms with E-state index < -0.39 is 17.7 Å². The SMILES string of the molecule is CCOc1ccc2nc(N3C(=O)C(=O)C(=C(O)c4ccc5c(c4)C[C@@H](C)O5)[C@H]3c3ccc(OCC)c(OCC)c3)sc2c1. The van der Waals surface area contributed by atoms with E-state index in [9.17, 15) is 14.7 Å². The van der Waals surface area contributed by atoms with Gasteiger partial charge in [0.2, 0.25) is 0 Å². The fourth-order valence-electron chi connectivity index (χ4n) is 5.56. The number of amides is 1. The minimum Gasteiger partial charge on any atom is -0.507 e. The van der Waals surface area contributed by atoms with Gasteiger partial charge in [0.15, 0.2) is 16.6 Å².